The Kier molecular flexibility index (Phi) is 8.34. The average molecular weight is 448 g/mol. The first kappa shape index (κ1) is 23.0. The van der Waals surface area contributed by atoms with Crippen molar-refractivity contribution in [1.29, 1.82) is 0 Å². The van der Waals surface area contributed by atoms with E-state index in [0.717, 1.165) is 18.6 Å². The molecule has 0 radical (unpaired) electrons. The Balaban J connectivity index is 1.55. The third kappa shape index (κ3) is 6.92. The number of unbranched alkanes of at least 4 members (excludes halogenated alkanes) is 1. The molecule has 3 aromatic rings. The summed E-state index contributed by atoms with van der Waals surface area (Å²) >= 11 is 5.25. The van der Waals surface area contributed by atoms with E-state index in [1.54, 1.807) is 48.5 Å². The van der Waals surface area contributed by atoms with Crippen LogP contribution in [0.4, 0.5) is 11.4 Å². The predicted molar refractivity (Wildman–Crippen MR) is 131 cm³/mol. The monoisotopic (exact) mass is 447 g/mol. The molecule has 3 rings (SSSR count). The van der Waals surface area contributed by atoms with Crippen molar-refractivity contribution in [3.63, 3.8) is 0 Å². The molecule has 7 heteroatoms. The van der Waals surface area contributed by atoms with Gasteiger partial charge in [0.2, 0.25) is 0 Å². The van der Waals surface area contributed by atoms with Crippen LogP contribution in [0.15, 0.2) is 78.9 Å². The molecule has 32 heavy (non-hydrogen) atoms. The van der Waals surface area contributed by atoms with Gasteiger partial charge in [-0.25, -0.2) is 0 Å². The highest BCUT2D eigenvalue weighted by molar-refractivity contribution is 7.80. The van der Waals surface area contributed by atoms with E-state index >= 15 is 0 Å². The molecule has 0 aliphatic rings. The van der Waals surface area contributed by atoms with Gasteiger partial charge in [0.05, 0.1) is 6.61 Å². The van der Waals surface area contributed by atoms with Crippen LogP contribution < -0.4 is 20.7 Å². The maximum atomic E-state index is 12.5. The number of carbonyl (C=O) groups excluding carboxylic acids is 2. The van der Waals surface area contributed by atoms with Crippen LogP contribution in [-0.2, 0) is 0 Å². The number of carbonyl (C=O) groups is 2. The van der Waals surface area contributed by atoms with Crippen LogP contribution in [0.3, 0.4) is 0 Å². The number of anilines is 2. The minimum Gasteiger partial charge on any atom is -0.494 e. The number of hydrogen-bond acceptors (Lipinski definition) is 4. The fourth-order valence-corrected chi connectivity index (χ4v) is 3.05. The van der Waals surface area contributed by atoms with Gasteiger partial charge in [0.15, 0.2) is 5.11 Å². The fraction of sp³-hybridized carbons (Fsp3) is 0.160. The number of nitrogens with one attached hydrogen (secondary N) is 3. The summed E-state index contributed by atoms with van der Waals surface area (Å²) < 4.78 is 5.61. The van der Waals surface area contributed by atoms with Gasteiger partial charge in [-0.05, 0) is 73.2 Å². The SMILES string of the molecule is CCCCOc1ccc(C(=O)NC(=S)Nc2cccc(C(=O)Nc3ccccc3)c2)cc1. The number of benzene rings is 3. The molecule has 0 bridgehead atoms. The minimum absolute atomic E-state index is 0.138. The summed E-state index contributed by atoms with van der Waals surface area (Å²) in [7, 11) is 0. The maximum Gasteiger partial charge on any atom is 0.257 e. The van der Waals surface area contributed by atoms with Gasteiger partial charge in [-0.1, -0.05) is 37.6 Å². The van der Waals surface area contributed by atoms with Crippen LogP contribution in [0.5, 0.6) is 5.75 Å². The first-order valence-electron chi connectivity index (χ1n) is 10.4. The van der Waals surface area contributed by atoms with Gasteiger partial charge < -0.3 is 15.4 Å². The second kappa shape index (κ2) is 11.6. The Bertz CT molecular complexity index is 1070. The van der Waals surface area contributed by atoms with Crippen molar-refractivity contribution in [3.8, 4) is 5.75 Å². The van der Waals surface area contributed by atoms with Gasteiger partial charge in [-0.15, -0.1) is 0 Å². The highest BCUT2D eigenvalue weighted by Gasteiger charge is 2.10. The Morgan fingerprint density at radius 2 is 1.53 bits per heavy atom. The number of hydrogen-bond donors (Lipinski definition) is 3. The lowest BCUT2D eigenvalue weighted by Gasteiger charge is -2.11. The molecule has 0 unspecified atom stereocenters. The van der Waals surface area contributed by atoms with Gasteiger partial charge in [-0.2, -0.15) is 0 Å². The quantitative estimate of drug-likeness (QED) is 0.325. The molecule has 3 N–H and O–H groups in total. The average Bonchev–Trinajstić information content (AvgIpc) is 2.80. The molecule has 0 aliphatic heterocycles. The first-order valence-corrected chi connectivity index (χ1v) is 10.8. The molecule has 0 atom stereocenters. The molecule has 0 aliphatic carbocycles. The predicted octanol–water partition coefficient (Wildman–Crippen LogP) is 5.24. The van der Waals surface area contributed by atoms with Crippen molar-refractivity contribution < 1.29 is 14.3 Å². The summed E-state index contributed by atoms with van der Waals surface area (Å²) in [6.45, 7) is 2.75. The Hall–Kier alpha value is -3.71. The zero-order valence-corrected chi connectivity index (χ0v) is 18.6. The van der Waals surface area contributed by atoms with E-state index in [4.69, 9.17) is 17.0 Å². The zero-order chi connectivity index (χ0) is 22.8. The van der Waals surface area contributed by atoms with E-state index in [9.17, 15) is 9.59 Å². The number of ether oxygens (including phenoxy) is 1. The fourth-order valence-electron chi connectivity index (χ4n) is 2.84. The number of amides is 2. The molecular formula is C25H25N3O3S. The van der Waals surface area contributed by atoms with E-state index < -0.39 is 0 Å². The molecule has 164 valence electrons. The molecule has 0 heterocycles. The summed E-state index contributed by atoms with van der Waals surface area (Å²) in [5, 5.41) is 8.56. The molecule has 0 saturated heterocycles. The summed E-state index contributed by atoms with van der Waals surface area (Å²) in [5.74, 6) is 0.151. The maximum absolute atomic E-state index is 12.5. The Labute approximate surface area is 193 Å². The van der Waals surface area contributed by atoms with E-state index in [1.807, 2.05) is 30.3 Å². The Morgan fingerprint density at radius 1 is 0.812 bits per heavy atom. The lowest BCUT2D eigenvalue weighted by atomic mass is 10.2. The summed E-state index contributed by atoms with van der Waals surface area (Å²) in [6, 6.07) is 23.0. The summed E-state index contributed by atoms with van der Waals surface area (Å²) in [6.07, 6.45) is 2.04. The highest BCUT2D eigenvalue weighted by Crippen LogP contribution is 2.15. The van der Waals surface area contributed by atoms with Crippen molar-refractivity contribution in [2.45, 2.75) is 19.8 Å². The molecule has 3 aromatic carbocycles. The van der Waals surface area contributed by atoms with Crippen molar-refractivity contribution in [1.82, 2.24) is 5.32 Å². The third-order valence-electron chi connectivity index (χ3n) is 4.52. The summed E-state index contributed by atoms with van der Waals surface area (Å²) in [4.78, 5) is 24.9. The molecular weight excluding hydrogens is 422 g/mol. The first-order chi connectivity index (χ1) is 15.5. The van der Waals surface area contributed by atoms with Crippen LogP contribution in [0, 0.1) is 0 Å². The molecule has 0 fully saturated rings. The van der Waals surface area contributed by atoms with Crippen molar-refractivity contribution in [2.24, 2.45) is 0 Å². The molecule has 6 nitrogen and oxygen atoms in total. The van der Waals surface area contributed by atoms with Crippen LogP contribution >= 0.6 is 12.2 Å². The van der Waals surface area contributed by atoms with E-state index in [0.29, 0.717) is 29.1 Å². The molecule has 0 aromatic heterocycles. The topological polar surface area (TPSA) is 79.5 Å². The van der Waals surface area contributed by atoms with Crippen molar-refractivity contribution >= 4 is 40.5 Å². The van der Waals surface area contributed by atoms with E-state index in [1.165, 1.54) is 0 Å². The molecule has 0 saturated carbocycles. The van der Waals surface area contributed by atoms with Gasteiger partial charge in [-0.3, -0.25) is 14.9 Å². The lowest BCUT2D eigenvalue weighted by Crippen LogP contribution is -2.34. The largest absolute Gasteiger partial charge is 0.494 e. The normalized spacial score (nSPS) is 10.2. The van der Waals surface area contributed by atoms with Gasteiger partial charge in [0, 0.05) is 22.5 Å². The lowest BCUT2D eigenvalue weighted by molar-refractivity contribution is 0.0976. The van der Waals surface area contributed by atoms with Crippen LogP contribution in [-0.4, -0.2) is 23.5 Å². The van der Waals surface area contributed by atoms with E-state index in [2.05, 4.69) is 22.9 Å². The smallest absolute Gasteiger partial charge is 0.257 e. The zero-order valence-electron chi connectivity index (χ0n) is 17.8. The van der Waals surface area contributed by atoms with Gasteiger partial charge >= 0.3 is 0 Å². The minimum atomic E-state index is -0.333. The molecule has 2 amide bonds. The van der Waals surface area contributed by atoms with Crippen LogP contribution in [0.25, 0.3) is 0 Å². The van der Waals surface area contributed by atoms with Crippen molar-refractivity contribution in [3.05, 3.63) is 90.0 Å². The van der Waals surface area contributed by atoms with Crippen molar-refractivity contribution in [2.75, 3.05) is 17.2 Å². The highest BCUT2D eigenvalue weighted by atomic mass is 32.1. The number of rotatable bonds is 8. The number of para-hydroxylation sites is 1. The van der Waals surface area contributed by atoms with Gasteiger partial charge in [0.1, 0.15) is 5.75 Å². The van der Waals surface area contributed by atoms with Crippen LogP contribution in [0.2, 0.25) is 0 Å². The second-order valence-electron chi connectivity index (χ2n) is 7.04. The van der Waals surface area contributed by atoms with Crippen LogP contribution in [0.1, 0.15) is 40.5 Å². The Morgan fingerprint density at radius 3 is 2.25 bits per heavy atom. The number of thiocarbonyl (C=S) groups is 1. The summed E-state index contributed by atoms with van der Waals surface area (Å²) in [5.41, 5.74) is 2.23. The van der Waals surface area contributed by atoms with Gasteiger partial charge in [0.25, 0.3) is 11.8 Å². The standard InChI is InChI=1S/C25H25N3O3S/c1-2-3-16-31-22-14-12-18(13-15-22)23(29)28-25(32)27-21-11-7-8-19(17-21)24(30)26-20-9-5-4-6-10-20/h4-15,17H,2-3,16H2,1H3,(H,26,30)(H2,27,28,29,32). The van der Waals surface area contributed by atoms with E-state index in [-0.39, 0.29) is 16.9 Å². The molecule has 0 spiro atoms. The third-order valence-corrected chi connectivity index (χ3v) is 4.73. The second-order valence-corrected chi connectivity index (χ2v) is 7.44.